The van der Waals surface area contributed by atoms with Crippen molar-refractivity contribution in [2.24, 2.45) is 0 Å². The number of aromatic nitrogens is 1. The van der Waals surface area contributed by atoms with Crippen molar-refractivity contribution in [2.45, 2.75) is 26.2 Å². The van der Waals surface area contributed by atoms with E-state index in [1.807, 2.05) is 7.05 Å². The van der Waals surface area contributed by atoms with E-state index in [2.05, 4.69) is 16.7 Å². The van der Waals surface area contributed by atoms with Crippen LogP contribution in [0.25, 0.3) is 10.9 Å². The first-order valence-corrected chi connectivity index (χ1v) is 8.21. The van der Waals surface area contributed by atoms with Crippen molar-refractivity contribution in [1.82, 2.24) is 9.47 Å². The van der Waals surface area contributed by atoms with E-state index in [1.54, 1.807) is 12.3 Å². The number of carbonyl (C=O) groups is 1. The first kappa shape index (κ1) is 18.9. The zero-order chi connectivity index (χ0) is 18.4. The molecule has 8 heteroatoms. The highest BCUT2D eigenvalue weighted by molar-refractivity contribution is 5.94. The van der Waals surface area contributed by atoms with Crippen molar-refractivity contribution in [1.29, 1.82) is 0 Å². The normalized spacial score (nSPS) is 11.2. The fourth-order valence-corrected chi connectivity index (χ4v) is 2.63. The van der Waals surface area contributed by atoms with E-state index in [0.717, 1.165) is 24.0 Å². The Morgan fingerprint density at radius 1 is 1.44 bits per heavy atom. The fourth-order valence-electron chi connectivity index (χ4n) is 2.63. The number of likely N-dealkylation sites (N-methyl/N-ethyl adjacent to an activating group) is 1. The highest BCUT2D eigenvalue weighted by atomic mass is 19.1. The van der Waals surface area contributed by atoms with Gasteiger partial charge in [-0.3, -0.25) is 9.36 Å². The van der Waals surface area contributed by atoms with Gasteiger partial charge in [0.05, 0.1) is 12.1 Å². The molecule has 0 unspecified atom stereocenters. The van der Waals surface area contributed by atoms with Crippen LogP contribution in [-0.2, 0) is 11.3 Å². The zero-order valence-corrected chi connectivity index (χ0v) is 14.4. The van der Waals surface area contributed by atoms with Gasteiger partial charge in [0.1, 0.15) is 5.82 Å². The van der Waals surface area contributed by atoms with Crippen molar-refractivity contribution >= 4 is 16.8 Å². The molecule has 0 saturated heterocycles. The summed E-state index contributed by atoms with van der Waals surface area (Å²) in [7, 11) is 2.00. The Kier molecular flexibility index (Phi) is 6.46. The Bertz CT molecular complexity index is 760. The van der Waals surface area contributed by atoms with Gasteiger partial charge in [0.15, 0.2) is 0 Å². The predicted octanol–water partition coefficient (Wildman–Crippen LogP) is 2.90. The maximum Gasteiger partial charge on any atom is 0.294 e. The van der Waals surface area contributed by atoms with Crippen molar-refractivity contribution in [3.8, 4) is 0 Å². The number of hydrogen-bond donors (Lipinski definition) is 0. The van der Waals surface area contributed by atoms with Crippen LogP contribution in [0.2, 0.25) is 0 Å². The van der Waals surface area contributed by atoms with E-state index in [-0.39, 0.29) is 31.2 Å². The molecule has 0 amide bonds. The molecule has 1 aromatic heterocycles. The van der Waals surface area contributed by atoms with E-state index in [9.17, 15) is 19.3 Å². The van der Waals surface area contributed by atoms with E-state index in [1.165, 1.54) is 16.7 Å². The standard InChI is InChI=1S/C17H22FN3O4/c1-3-19(2)9-8-13-12-20(16-7-6-14(18)11-15(13)16)17(22)5-4-10-25-21(23)24/h6-7,11-12H,3-5,8-10H2,1-2H3. The highest BCUT2D eigenvalue weighted by Gasteiger charge is 2.15. The number of hydrogen-bond acceptors (Lipinski definition) is 5. The van der Waals surface area contributed by atoms with E-state index >= 15 is 0 Å². The van der Waals surface area contributed by atoms with Gasteiger partial charge in [-0.05, 0) is 50.2 Å². The SMILES string of the molecule is CCN(C)CCc1cn(C(=O)CCCO[N+](=O)[O-])c2ccc(F)cc12. The Hall–Kier alpha value is -2.48. The van der Waals surface area contributed by atoms with Crippen molar-refractivity contribution < 1.29 is 19.1 Å². The number of carbonyl (C=O) groups excluding carboxylic acids is 1. The predicted molar refractivity (Wildman–Crippen MR) is 91.6 cm³/mol. The molecule has 2 aromatic rings. The van der Waals surface area contributed by atoms with E-state index in [4.69, 9.17) is 0 Å². The molecule has 2 rings (SSSR count). The van der Waals surface area contributed by atoms with Crippen LogP contribution in [0.4, 0.5) is 4.39 Å². The van der Waals surface area contributed by atoms with Gasteiger partial charge in [-0.1, -0.05) is 6.92 Å². The summed E-state index contributed by atoms with van der Waals surface area (Å²) in [6.45, 7) is 3.64. The molecule has 7 nitrogen and oxygen atoms in total. The number of fused-ring (bicyclic) bond motifs is 1. The lowest BCUT2D eigenvalue weighted by Crippen LogP contribution is -2.20. The molecule has 0 N–H and O–H groups in total. The summed E-state index contributed by atoms with van der Waals surface area (Å²) in [5, 5.41) is 9.98. The summed E-state index contributed by atoms with van der Waals surface area (Å²) < 4.78 is 15.1. The smallest absolute Gasteiger partial charge is 0.294 e. The molecule has 0 atom stereocenters. The average Bonchev–Trinajstić information content (AvgIpc) is 2.94. The molecule has 1 aromatic carbocycles. The van der Waals surface area contributed by atoms with Gasteiger partial charge in [-0.15, -0.1) is 10.1 Å². The molecule has 0 fully saturated rings. The van der Waals surface area contributed by atoms with Gasteiger partial charge in [0, 0.05) is 24.5 Å². The molecule has 1 heterocycles. The number of halogens is 1. The Labute approximate surface area is 145 Å². The van der Waals surface area contributed by atoms with Gasteiger partial charge < -0.3 is 9.74 Å². The largest absolute Gasteiger partial charge is 0.314 e. The minimum Gasteiger partial charge on any atom is -0.314 e. The minimum atomic E-state index is -0.874. The van der Waals surface area contributed by atoms with Crippen molar-refractivity contribution in [3.05, 3.63) is 45.9 Å². The maximum atomic E-state index is 13.6. The van der Waals surface area contributed by atoms with Crippen LogP contribution < -0.4 is 0 Å². The van der Waals surface area contributed by atoms with Crippen LogP contribution in [0.3, 0.4) is 0 Å². The summed E-state index contributed by atoms with van der Waals surface area (Å²) in [6, 6.07) is 4.35. The first-order chi connectivity index (χ1) is 11.9. The summed E-state index contributed by atoms with van der Waals surface area (Å²) in [5.41, 5.74) is 1.56. The van der Waals surface area contributed by atoms with Gasteiger partial charge in [-0.2, -0.15) is 0 Å². The van der Waals surface area contributed by atoms with E-state index < -0.39 is 5.09 Å². The molecule has 25 heavy (non-hydrogen) atoms. The molecule has 0 spiro atoms. The van der Waals surface area contributed by atoms with Gasteiger partial charge >= 0.3 is 0 Å². The third-order valence-corrected chi connectivity index (χ3v) is 4.15. The molecule has 0 saturated carbocycles. The maximum absolute atomic E-state index is 13.6. The van der Waals surface area contributed by atoms with Crippen LogP contribution in [0.15, 0.2) is 24.4 Å². The summed E-state index contributed by atoms with van der Waals surface area (Å²) in [5.74, 6) is -0.541. The lowest BCUT2D eigenvalue weighted by atomic mass is 10.1. The van der Waals surface area contributed by atoms with Crippen LogP contribution >= 0.6 is 0 Å². The third kappa shape index (κ3) is 4.99. The van der Waals surface area contributed by atoms with Crippen molar-refractivity contribution in [3.63, 3.8) is 0 Å². The zero-order valence-electron chi connectivity index (χ0n) is 14.4. The second-order valence-electron chi connectivity index (χ2n) is 5.89. The first-order valence-electron chi connectivity index (χ1n) is 8.21. The molecule has 0 aliphatic carbocycles. The molecule has 0 bridgehead atoms. The lowest BCUT2D eigenvalue weighted by molar-refractivity contribution is -0.757. The molecule has 0 aliphatic heterocycles. The van der Waals surface area contributed by atoms with E-state index in [0.29, 0.717) is 11.9 Å². The molecular weight excluding hydrogens is 329 g/mol. The van der Waals surface area contributed by atoms with Crippen LogP contribution in [0.1, 0.15) is 30.1 Å². The molecule has 136 valence electrons. The number of benzene rings is 1. The Morgan fingerprint density at radius 3 is 2.88 bits per heavy atom. The minimum absolute atomic E-state index is 0.114. The second kappa shape index (κ2) is 8.57. The summed E-state index contributed by atoms with van der Waals surface area (Å²) in [4.78, 5) is 28.9. The lowest BCUT2D eigenvalue weighted by Gasteiger charge is -2.12. The van der Waals surface area contributed by atoms with Gasteiger partial charge in [0.2, 0.25) is 5.91 Å². The number of rotatable bonds is 9. The Morgan fingerprint density at radius 2 is 2.20 bits per heavy atom. The van der Waals surface area contributed by atoms with Crippen molar-refractivity contribution in [2.75, 3.05) is 26.7 Å². The van der Waals surface area contributed by atoms with Crippen LogP contribution in [-0.4, -0.2) is 47.2 Å². The van der Waals surface area contributed by atoms with Gasteiger partial charge in [-0.25, -0.2) is 4.39 Å². The highest BCUT2D eigenvalue weighted by Crippen LogP contribution is 2.24. The van der Waals surface area contributed by atoms with Gasteiger partial charge in [0.25, 0.3) is 5.09 Å². The molecule has 0 radical (unpaired) electrons. The molecular formula is C17H22FN3O4. The monoisotopic (exact) mass is 351 g/mol. The Balaban J connectivity index is 2.18. The quantitative estimate of drug-likeness (QED) is 0.394. The fraction of sp³-hybridized carbons (Fsp3) is 0.471. The second-order valence-corrected chi connectivity index (χ2v) is 5.89. The summed E-state index contributed by atoms with van der Waals surface area (Å²) >= 11 is 0. The number of nitrogens with zero attached hydrogens (tertiary/aromatic N) is 3. The summed E-state index contributed by atoms with van der Waals surface area (Å²) in [6.07, 6.45) is 2.80. The average molecular weight is 351 g/mol. The van der Waals surface area contributed by atoms with Crippen LogP contribution in [0, 0.1) is 15.9 Å². The topological polar surface area (TPSA) is 77.6 Å². The molecule has 0 aliphatic rings. The third-order valence-electron chi connectivity index (χ3n) is 4.15. The van der Waals surface area contributed by atoms with Crippen LogP contribution in [0.5, 0.6) is 0 Å².